The van der Waals surface area contributed by atoms with Gasteiger partial charge < -0.3 is 10.8 Å². The van der Waals surface area contributed by atoms with Crippen LogP contribution in [0.3, 0.4) is 0 Å². The summed E-state index contributed by atoms with van der Waals surface area (Å²) in [5, 5.41) is 11.2. The molecule has 2 nitrogen and oxygen atoms in total. The van der Waals surface area contributed by atoms with Gasteiger partial charge in [-0.1, -0.05) is 42.8 Å². The van der Waals surface area contributed by atoms with E-state index in [1.54, 1.807) is 19.1 Å². The number of nitrogens with one attached hydrogen (secondary N) is 1. The second kappa shape index (κ2) is 7.71. The number of benzene rings is 1. The van der Waals surface area contributed by atoms with Crippen molar-refractivity contribution in [2.45, 2.75) is 19.1 Å². The summed E-state index contributed by atoms with van der Waals surface area (Å²) in [5.74, 6) is 0. The summed E-state index contributed by atoms with van der Waals surface area (Å²) >= 11 is 0. The minimum atomic E-state index is -0.906. The van der Waals surface area contributed by atoms with E-state index in [-0.39, 0.29) is 37.7 Å². The van der Waals surface area contributed by atoms with E-state index < -0.39 is 12.1 Å². The predicted octanol–water partition coefficient (Wildman–Crippen LogP) is -4.46. The summed E-state index contributed by atoms with van der Waals surface area (Å²) in [6.45, 7) is 1.62. The first-order chi connectivity index (χ1) is 5.22. The summed E-state index contributed by atoms with van der Waals surface area (Å²) in [6.07, 6.45) is -0.906. The SMILES string of the molecule is C[C@@H]([NH-])[C@@H]([O-])c1ccccc1.[Li+].[Li+]. The van der Waals surface area contributed by atoms with Crippen molar-refractivity contribution in [3.8, 4) is 0 Å². The maximum absolute atomic E-state index is 11.2. The molecule has 4 heteroatoms. The third-order valence-corrected chi connectivity index (χ3v) is 1.58. The van der Waals surface area contributed by atoms with Crippen LogP contribution in [-0.2, 0) is 0 Å². The molecular weight excluding hydrogens is 152 g/mol. The van der Waals surface area contributed by atoms with Gasteiger partial charge in [0.1, 0.15) is 0 Å². The Morgan fingerprint density at radius 2 is 1.62 bits per heavy atom. The van der Waals surface area contributed by atoms with E-state index in [0.29, 0.717) is 5.56 Å². The average molecular weight is 163 g/mol. The molecule has 1 N–H and O–H groups in total. The van der Waals surface area contributed by atoms with Crippen molar-refractivity contribution < 1.29 is 42.8 Å². The molecule has 1 aromatic rings. The zero-order chi connectivity index (χ0) is 8.27. The van der Waals surface area contributed by atoms with Crippen LogP contribution in [0.4, 0.5) is 0 Å². The maximum atomic E-state index is 11.2. The standard InChI is InChI=1S/C9H11NO.2Li/c1-7(10)9(11)8-5-3-2-4-6-8;;/h2-7,9-10H,1H3;;/q-2;2*+1/t7-,9-;;/m1../s1. The minimum absolute atomic E-state index is 0. The van der Waals surface area contributed by atoms with Crippen molar-refractivity contribution >= 4 is 0 Å². The van der Waals surface area contributed by atoms with Crippen LogP contribution in [0.15, 0.2) is 30.3 Å². The Morgan fingerprint density at radius 1 is 1.15 bits per heavy atom. The van der Waals surface area contributed by atoms with Gasteiger partial charge in [-0.15, -0.1) is 6.10 Å². The molecular formula is C9H11Li2NO. The van der Waals surface area contributed by atoms with E-state index >= 15 is 0 Å². The van der Waals surface area contributed by atoms with Gasteiger partial charge in [-0.3, -0.25) is 0 Å². The van der Waals surface area contributed by atoms with Crippen molar-refractivity contribution in [3.63, 3.8) is 0 Å². The summed E-state index contributed by atoms with van der Waals surface area (Å²) in [5.41, 5.74) is 7.91. The molecule has 0 saturated carbocycles. The van der Waals surface area contributed by atoms with E-state index in [4.69, 9.17) is 5.73 Å². The second-order valence-corrected chi connectivity index (χ2v) is 2.62. The van der Waals surface area contributed by atoms with Crippen LogP contribution < -0.4 is 42.8 Å². The van der Waals surface area contributed by atoms with Crippen LogP contribution >= 0.6 is 0 Å². The number of rotatable bonds is 2. The van der Waals surface area contributed by atoms with Crippen molar-refractivity contribution in [2.75, 3.05) is 0 Å². The Labute approximate surface area is 103 Å². The van der Waals surface area contributed by atoms with E-state index in [9.17, 15) is 5.11 Å². The first-order valence-corrected chi connectivity index (χ1v) is 3.63. The molecule has 0 aliphatic rings. The smallest absolute Gasteiger partial charge is 0.850 e. The molecule has 0 radical (unpaired) electrons. The zero-order valence-electron chi connectivity index (χ0n) is 8.45. The molecule has 13 heavy (non-hydrogen) atoms. The largest absolute Gasteiger partial charge is 1.00 e. The van der Waals surface area contributed by atoms with Crippen LogP contribution in [0.25, 0.3) is 5.73 Å². The number of hydrogen-bond acceptors (Lipinski definition) is 1. The molecule has 0 spiro atoms. The fraction of sp³-hybridized carbons (Fsp3) is 0.333. The second-order valence-electron chi connectivity index (χ2n) is 2.62. The number of hydrogen-bond donors (Lipinski definition) is 0. The third kappa shape index (κ3) is 4.94. The van der Waals surface area contributed by atoms with Crippen LogP contribution in [0.2, 0.25) is 0 Å². The molecule has 1 rings (SSSR count). The first kappa shape index (κ1) is 15.8. The van der Waals surface area contributed by atoms with Crippen molar-refractivity contribution in [2.24, 2.45) is 0 Å². The monoisotopic (exact) mass is 163 g/mol. The molecule has 0 bridgehead atoms. The first-order valence-electron chi connectivity index (χ1n) is 3.63. The van der Waals surface area contributed by atoms with Crippen LogP contribution in [0, 0.1) is 0 Å². The summed E-state index contributed by atoms with van der Waals surface area (Å²) in [7, 11) is 0. The maximum Gasteiger partial charge on any atom is 1.00 e. The molecule has 0 aliphatic heterocycles. The van der Waals surface area contributed by atoms with E-state index in [1.807, 2.05) is 18.2 Å². The Balaban J connectivity index is 0. The van der Waals surface area contributed by atoms with Crippen LogP contribution in [0.1, 0.15) is 18.6 Å². The topological polar surface area (TPSA) is 46.9 Å². The Kier molecular flexibility index (Phi) is 9.37. The van der Waals surface area contributed by atoms with Gasteiger partial charge in [0.2, 0.25) is 0 Å². The Hall–Kier alpha value is 0.335. The Bertz CT molecular complexity index is 216. The molecule has 0 aliphatic carbocycles. The van der Waals surface area contributed by atoms with Gasteiger partial charge in [0.15, 0.2) is 0 Å². The Morgan fingerprint density at radius 3 is 2.00 bits per heavy atom. The van der Waals surface area contributed by atoms with Gasteiger partial charge in [0, 0.05) is 0 Å². The molecule has 0 aromatic heterocycles. The normalized spacial score (nSPS) is 13.5. The fourth-order valence-electron chi connectivity index (χ4n) is 0.931. The van der Waals surface area contributed by atoms with E-state index in [2.05, 4.69) is 0 Å². The fourth-order valence-corrected chi connectivity index (χ4v) is 0.931. The predicted molar refractivity (Wildman–Crippen MR) is 43.0 cm³/mol. The van der Waals surface area contributed by atoms with Crippen molar-refractivity contribution in [1.82, 2.24) is 0 Å². The van der Waals surface area contributed by atoms with Gasteiger partial charge in [-0.25, -0.2) is 0 Å². The van der Waals surface area contributed by atoms with Crippen LogP contribution in [-0.4, -0.2) is 6.04 Å². The molecule has 60 valence electrons. The van der Waals surface area contributed by atoms with Gasteiger partial charge in [0.05, 0.1) is 0 Å². The molecule has 0 unspecified atom stereocenters. The zero-order valence-corrected chi connectivity index (χ0v) is 8.45. The summed E-state index contributed by atoms with van der Waals surface area (Å²) < 4.78 is 0. The quantitative estimate of drug-likeness (QED) is 0.405. The third-order valence-electron chi connectivity index (χ3n) is 1.58. The molecule has 2 atom stereocenters. The minimum Gasteiger partial charge on any atom is -0.850 e. The van der Waals surface area contributed by atoms with E-state index in [1.165, 1.54) is 0 Å². The van der Waals surface area contributed by atoms with Crippen LogP contribution in [0.5, 0.6) is 0 Å². The molecule has 0 fully saturated rings. The van der Waals surface area contributed by atoms with Crippen molar-refractivity contribution in [1.29, 1.82) is 0 Å². The van der Waals surface area contributed by atoms with Gasteiger partial charge in [0.25, 0.3) is 0 Å². The van der Waals surface area contributed by atoms with E-state index in [0.717, 1.165) is 0 Å². The average Bonchev–Trinajstić information content (AvgIpc) is 2.05. The van der Waals surface area contributed by atoms with Gasteiger partial charge in [-0.05, 0) is 0 Å². The van der Waals surface area contributed by atoms with Crippen molar-refractivity contribution in [3.05, 3.63) is 41.6 Å². The summed E-state index contributed by atoms with van der Waals surface area (Å²) in [6, 6.07) is 8.47. The molecule has 0 amide bonds. The molecule has 0 saturated heterocycles. The van der Waals surface area contributed by atoms with Gasteiger partial charge >= 0.3 is 37.7 Å². The molecule has 0 heterocycles. The molecule has 1 aromatic carbocycles. The van der Waals surface area contributed by atoms with Gasteiger partial charge in [-0.2, -0.15) is 6.04 Å². The summed E-state index contributed by atoms with van der Waals surface area (Å²) in [4.78, 5) is 0.